The third-order valence-corrected chi connectivity index (χ3v) is 0.773. The van der Waals surface area contributed by atoms with Crippen LogP contribution in [0.1, 0.15) is 0 Å². The van der Waals surface area contributed by atoms with Gasteiger partial charge in [0.05, 0.1) is 6.33 Å². The van der Waals surface area contributed by atoms with Crippen LogP contribution >= 0.6 is 0 Å². The van der Waals surface area contributed by atoms with E-state index >= 15 is 0 Å². The molecule has 0 spiro atoms. The van der Waals surface area contributed by atoms with Crippen LogP contribution in [0.3, 0.4) is 0 Å². The minimum Gasteiger partial charge on any atom is -0.478 e. The maximum Gasteiger partial charge on any atom is 0.331 e. The summed E-state index contributed by atoms with van der Waals surface area (Å²) in [5.74, 6) is -2.07. The first-order valence-electron chi connectivity index (χ1n) is 3.00. The predicted molar refractivity (Wildman–Crippen MR) is 38.0 cm³/mol. The molecule has 0 rings (SSSR count). The van der Waals surface area contributed by atoms with Crippen molar-refractivity contribution in [1.29, 1.82) is 0 Å². The van der Waals surface area contributed by atoms with Gasteiger partial charge in [-0.2, -0.15) is 0 Å². The topological polar surface area (TPSA) is 63.6 Å². The molecule has 0 unspecified atom stereocenters. The molecule has 0 saturated carbocycles. The summed E-state index contributed by atoms with van der Waals surface area (Å²) in [6.07, 6.45) is 2.59. The van der Waals surface area contributed by atoms with E-state index in [0.717, 1.165) is 12.2 Å². The molecular weight excluding hydrogens is 167 g/mol. The second kappa shape index (κ2) is 6.09. The van der Waals surface area contributed by atoms with E-state index in [1.54, 1.807) is 0 Å². The Balaban J connectivity index is 3.67. The number of halogens is 1. The number of hydrogen-bond donors (Lipinski definition) is 1. The second-order valence-corrected chi connectivity index (χ2v) is 1.66. The molecule has 12 heavy (non-hydrogen) atoms. The largest absolute Gasteiger partial charge is 0.478 e. The Labute approximate surface area is 67.9 Å². The lowest BCUT2D eigenvalue weighted by Crippen LogP contribution is -2.01. The molecule has 0 aromatic carbocycles. The number of carboxylic acid groups (broad SMARTS) is 1. The normalized spacial score (nSPS) is 10.8. The van der Waals surface area contributed by atoms with Crippen molar-refractivity contribution in [3.8, 4) is 0 Å². The Morgan fingerprint density at radius 3 is 2.58 bits per heavy atom. The molecule has 0 saturated heterocycles. The molecule has 5 heteroatoms. The van der Waals surface area contributed by atoms with Crippen LogP contribution in [0.5, 0.6) is 0 Å². The highest BCUT2D eigenvalue weighted by molar-refractivity contribution is 5.90. The number of rotatable bonds is 4. The molecule has 0 radical (unpaired) electrons. The van der Waals surface area contributed by atoms with Crippen molar-refractivity contribution in [2.75, 3.05) is 6.61 Å². The van der Waals surface area contributed by atoms with Gasteiger partial charge >= 0.3 is 11.9 Å². The van der Waals surface area contributed by atoms with E-state index in [4.69, 9.17) is 5.11 Å². The van der Waals surface area contributed by atoms with Crippen molar-refractivity contribution in [3.63, 3.8) is 0 Å². The lowest BCUT2D eigenvalue weighted by atomic mass is 10.5. The van der Waals surface area contributed by atoms with Gasteiger partial charge in [-0.05, 0) is 6.08 Å². The maximum atomic E-state index is 11.3. The van der Waals surface area contributed by atoms with Gasteiger partial charge in [-0.1, -0.05) is 0 Å². The van der Waals surface area contributed by atoms with E-state index in [1.807, 2.05) is 0 Å². The highest BCUT2D eigenvalue weighted by Gasteiger charge is 1.95. The highest BCUT2D eigenvalue weighted by atomic mass is 19.1. The molecule has 0 aliphatic rings. The van der Waals surface area contributed by atoms with E-state index in [2.05, 4.69) is 4.74 Å². The fraction of sp³-hybridized carbons (Fsp3) is 0.143. The zero-order chi connectivity index (χ0) is 9.40. The van der Waals surface area contributed by atoms with Crippen LogP contribution in [0, 0.1) is 0 Å². The van der Waals surface area contributed by atoms with E-state index in [9.17, 15) is 14.0 Å². The van der Waals surface area contributed by atoms with Crippen molar-refractivity contribution >= 4 is 11.9 Å². The van der Waals surface area contributed by atoms with Crippen LogP contribution in [0.2, 0.25) is 0 Å². The van der Waals surface area contributed by atoms with Gasteiger partial charge in [0, 0.05) is 12.2 Å². The molecule has 0 aromatic heterocycles. The standard InChI is InChI=1S/C7H7FO4/c8-4-1-5-12-7(11)3-2-6(9)10/h1-4H,5H2,(H,9,10). The van der Waals surface area contributed by atoms with Crippen molar-refractivity contribution in [2.24, 2.45) is 0 Å². The van der Waals surface area contributed by atoms with Crippen molar-refractivity contribution < 1.29 is 23.8 Å². The predicted octanol–water partition coefficient (Wildman–Crippen LogP) is 0.654. The zero-order valence-electron chi connectivity index (χ0n) is 6.07. The minimum atomic E-state index is -1.24. The minimum absolute atomic E-state index is 0.209. The summed E-state index contributed by atoms with van der Waals surface area (Å²) in [6.45, 7) is -0.209. The first-order valence-corrected chi connectivity index (χ1v) is 3.00. The molecule has 4 nitrogen and oxygen atoms in total. The SMILES string of the molecule is O=C(O)C=CC(=O)OCC=CF. The Hall–Kier alpha value is -1.65. The lowest BCUT2D eigenvalue weighted by Gasteiger charge is -1.93. The Bertz CT molecular complexity index is 219. The van der Waals surface area contributed by atoms with E-state index < -0.39 is 11.9 Å². The van der Waals surface area contributed by atoms with E-state index in [0.29, 0.717) is 6.08 Å². The van der Waals surface area contributed by atoms with Crippen LogP contribution < -0.4 is 0 Å². The quantitative estimate of drug-likeness (QED) is 0.502. The van der Waals surface area contributed by atoms with Crippen molar-refractivity contribution in [2.45, 2.75) is 0 Å². The third kappa shape index (κ3) is 6.47. The van der Waals surface area contributed by atoms with Crippen molar-refractivity contribution in [3.05, 3.63) is 24.6 Å². The summed E-state index contributed by atoms with van der Waals surface area (Å²) in [7, 11) is 0. The van der Waals surface area contributed by atoms with Gasteiger partial charge in [-0.15, -0.1) is 0 Å². The first-order chi connectivity index (χ1) is 5.66. The van der Waals surface area contributed by atoms with Crippen LogP contribution in [-0.2, 0) is 14.3 Å². The number of ether oxygens (including phenoxy) is 1. The third-order valence-electron chi connectivity index (χ3n) is 0.773. The molecule has 0 fully saturated rings. The van der Waals surface area contributed by atoms with Crippen LogP contribution in [-0.4, -0.2) is 23.7 Å². The summed E-state index contributed by atoms with van der Waals surface area (Å²) in [6, 6.07) is 0. The molecule has 1 N–H and O–H groups in total. The molecule has 0 amide bonds. The molecule has 0 atom stereocenters. The summed E-state index contributed by atoms with van der Waals surface area (Å²) in [5, 5.41) is 8.07. The molecule has 0 bridgehead atoms. The van der Waals surface area contributed by atoms with Gasteiger partial charge in [0.1, 0.15) is 6.61 Å². The molecule has 0 aromatic rings. The van der Waals surface area contributed by atoms with Gasteiger partial charge in [-0.3, -0.25) is 0 Å². The lowest BCUT2D eigenvalue weighted by molar-refractivity contribution is -0.137. The van der Waals surface area contributed by atoms with Gasteiger partial charge in [0.25, 0.3) is 0 Å². The highest BCUT2D eigenvalue weighted by Crippen LogP contribution is 1.83. The number of aliphatic carboxylic acids is 1. The second-order valence-electron chi connectivity index (χ2n) is 1.66. The average Bonchev–Trinajstić information content (AvgIpc) is 2.01. The number of carbonyl (C=O) groups is 2. The van der Waals surface area contributed by atoms with Crippen LogP contribution in [0.4, 0.5) is 4.39 Å². The smallest absolute Gasteiger partial charge is 0.331 e. The van der Waals surface area contributed by atoms with Gasteiger partial charge in [0.2, 0.25) is 0 Å². The molecular formula is C7H7FO4. The van der Waals surface area contributed by atoms with Crippen LogP contribution in [0.25, 0.3) is 0 Å². The summed E-state index contributed by atoms with van der Waals surface area (Å²) >= 11 is 0. The van der Waals surface area contributed by atoms with Gasteiger partial charge in [0.15, 0.2) is 0 Å². The van der Waals surface area contributed by atoms with Crippen LogP contribution in [0.15, 0.2) is 24.6 Å². The van der Waals surface area contributed by atoms with Crippen molar-refractivity contribution in [1.82, 2.24) is 0 Å². The monoisotopic (exact) mass is 174 g/mol. The maximum absolute atomic E-state index is 11.3. The first kappa shape index (κ1) is 10.3. The molecule has 66 valence electrons. The van der Waals surface area contributed by atoms with E-state index in [1.165, 1.54) is 0 Å². The summed E-state index contributed by atoms with van der Waals surface area (Å²) in [4.78, 5) is 20.4. The fourth-order valence-corrected chi connectivity index (χ4v) is 0.354. The number of hydrogen-bond acceptors (Lipinski definition) is 3. The van der Waals surface area contributed by atoms with Gasteiger partial charge in [-0.25, -0.2) is 14.0 Å². The average molecular weight is 174 g/mol. The number of esters is 1. The zero-order valence-corrected chi connectivity index (χ0v) is 6.07. The Kier molecular flexibility index (Phi) is 5.25. The van der Waals surface area contributed by atoms with Gasteiger partial charge < -0.3 is 9.84 Å². The summed E-state index contributed by atoms with van der Waals surface area (Å²) < 4.78 is 15.6. The molecule has 0 aliphatic carbocycles. The summed E-state index contributed by atoms with van der Waals surface area (Å²) in [5.41, 5.74) is 0. The molecule has 0 heterocycles. The molecule has 0 aliphatic heterocycles. The Morgan fingerprint density at radius 2 is 2.08 bits per heavy atom. The van der Waals surface area contributed by atoms with E-state index in [-0.39, 0.29) is 12.9 Å². The number of carbonyl (C=O) groups excluding carboxylic acids is 1. The number of carboxylic acids is 1. The Morgan fingerprint density at radius 1 is 1.42 bits per heavy atom. The fourth-order valence-electron chi connectivity index (χ4n) is 0.354.